The normalized spacial score (nSPS) is 20.8. The van der Waals surface area contributed by atoms with Crippen molar-refractivity contribution in [3.8, 4) is 22.6 Å². The number of unbranched alkanes of at least 4 members (excludes halogenated alkanes) is 14. The van der Waals surface area contributed by atoms with Gasteiger partial charge in [0, 0.05) is 51.4 Å². The molecule has 0 aromatic heterocycles. The number of carbonyl (C=O) groups is 6. The van der Waals surface area contributed by atoms with Gasteiger partial charge in [-0.15, -0.1) is 0 Å². The number of hydrogen-bond acceptors (Lipinski definition) is 12. The standard InChI is InChI=1S/C81H96N2O10/c1-7-9-11-13-15-17-19-27-47-79(48-28-20-18-16-14-12-10-8-2)69-51-61(82(57-29-23-21-24-30-57)59-33-39-63(40-34-59)90-53-71(84)92-55-80-49-45-67(77(80,3)4)73(86)75(80)88)37-43-65(69)66-44-38-62(52-70(66)79)83(58-31-25-22-26-32-58)60-35-41-64(42-36-60)91-54-72(85)93-56-81-50-46-68(78(81,5)6)74(87)76(81)89/h21-26,29-44,51-52,67-68H,7-20,27-28,45-50,53-56H2,1-6H3. The van der Waals surface area contributed by atoms with Gasteiger partial charge in [0.2, 0.25) is 23.1 Å². The number of anilines is 6. The van der Waals surface area contributed by atoms with Gasteiger partial charge in [-0.3, -0.25) is 19.2 Å². The van der Waals surface area contributed by atoms with E-state index in [0.29, 0.717) is 37.2 Å². The van der Waals surface area contributed by atoms with E-state index in [4.69, 9.17) is 18.9 Å². The van der Waals surface area contributed by atoms with Crippen molar-refractivity contribution >= 4 is 69.2 Å². The number of para-hydroxylation sites is 2. The van der Waals surface area contributed by atoms with Crippen LogP contribution in [0.15, 0.2) is 146 Å². The minimum absolute atomic E-state index is 0.124. The first-order valence-corrected chi connectivity index (χ1v) is 34.9. The minimum Gasteiger partial charge on any atom is -0.482 e. The summed E-state index contributed by atoms with van der Waals surface area (Å²) in [5, 5.41) is 0. The first-order valence-electron chi connectivity index (χ1n) is 34.9. The third-order valence-electron chi connectivity index (χ3n) is 22.5. The summed E-state index contributed by atoms with van der Waals surface area (Å²) in [5.74, 6) is -2.33. The highest BCUT2D eigenvalue weighted by molar-refractivity contribution is 6.44. The lowest BCUT2D eigenvalue weighted by Gasteiger charge is -2.35. The van der Waals surface area contributed by atoms with E-state index in [-0.39, 0.29) is 55.2 Å². The minimum atomic E-state index is -0.986. The van der Waals surface area contributed by atoms with E-state index in [9.17, 15) is 28.8 Å². The van der Waals surface area contributed by atoms with E-state index < -0.39 is 45.2 Å². The van der Waals surface area contributed by atoms with Gasteiger partial charge in [-0.25, -0.2) is 9.59 Å². The first-order chi connectivity index (χ1) is 45.0. The van der Waals surface area contributed by atoms with Crippen molar-refractivity contribution in [1.29, 1.82) is 0 Å². The smallest absolute Gasteiger partial charge is 0.344 e. The van der Waals surface area contributed by atoms with E-state index in [1.54, 1.807) is 0 Å². The molecule has 0 aliphatic heterocycles. The molecule has 0 N–H and O–H groups in total. The van der Waals surface area contributed by atoms with Gasteiger partial charge in [-0.1, -0.05) is 193 Å². The van der Waals surface area contributed by atoms with Crippen molar-refractivity contribution in [2.75, 3.05) is 36.2 Å². The summed E-state index contributed by atoms with van der Waals surface area (Å²) in [6.07, 6.45) is 24.0. The van der Waals surface area contributed by atoms with Gasteiger partial charge in [-0.2, -0.15) is 0 Å². The zero-order valence-electron chi connectivity index (χ0n) is 55.9. The van der Waals surface area contributed by atoms with Crippen LogP contribution in [-0.4, -0.2) is 61.5 Å². The Morgan fingerprint density at radius 3 is 1.10 bits per heavy atom. The number of nitrogens with zero attached hydrogens (tertiary/aromatic N) is 2. The monoisotopic (exact) mass is 1260 g/mol. The molecular weight excluding hydrogens is 1160 g/mol. The highest BCUT2D eigenvalue weighted by Crippen LogP contribution is 2.64. The maximum absolute atomic E-state index is 13.2. The van der Waals surface area contributed by atoms with E-state index >= 15 is 0 Å². The molecule has 0 radical (unpaired) electrons. The van der Waals surface area contributed by atoms with Crippen LogP contribution < -0.4 is 19.3 Å². The van der Waals surface area contributed by atoms with Gasteiger partial charge in [-0.05, 0) is 169 Å². The maximum Gasteiger partial charge on any atom is 0.344 e. The lowest BCUT2D eigenvalue weighted by atomic mass is 9.69. The Bertz CT molecular complexity index is 3390. The largest absolute Gasteiger partial charge is 0.482 e. The molecule has 12 heteroatoms. The molecule has 11 rings (SSSR count). The molecule has 0 heterocycles. The number of benzene rings is 6. The fraction of sp³-hybridized carbons (Fsp3) is 0.481. The highest BCUT2D eigenvalue weighted by Gasteiger charge is 2.70. The van der Waals surface area contributed by atoms with Crippen LogP contribution in [0.25, 0.3) is 11.1 Å². The number of esters is 2. The summed E-state index contributed by atoms with van der Waals surface area (Å²) in [5.41, 5.74) is 7.73. The molecule has 4 unspecified atom stereocenters. The number of rotatable bonds is 34. The molecule has 0 saturated heterocycles. The lowest BCUT2D eigenvalue weighted by Crippen LogP contribution is -2.42. The maximum atomic E-state index is 13.2. The fourth-order valence-corrected chi connectivity index (χ4v) is 16.7. The number of hydrogen-bond donors (Lipinski definition) is 0. The Balaban J connectivity index is 0.890. The molecule has 5 aliphatic rings. The van der Waals surface area contributed by atoms with Crippen LogP contribution >= 0.6 is 0 Å². The Morgan fingerprint density at radius 2 is 0.753 bits per heavy atom. The van der Waals surface area contributed by atoms with Crippen molar-refractivity contribution < 1.29 is 47.7 Å². The second-order valence-electron chi connectivity index (χ2n) is 28.4. The number of Topliss-reactive ketones (excluding diaryl/α,β-unsaturated/α-hetero) is 4. The number of carbonyl (C=O) groups excluding carboxylic acids is 6. The van der Waals surface area contributed by atoms with Gasteiger partial charge in [0.05, 0.1) is 10.8 Å². The summed E-state index contributed by atoms with van der Waals surface area (Å²) in [7, 11) is 0. The molecule has 490 valence electrons. The number of ether oxygens (including phenoxy) is 4. The van der Waals surface area contributed by atoms with Crippen molar-refractivity contribution in [3.63, 3.8) is 0 Å². The van der Waals surface area contributed by atoms with Crippen molar-refractivity contribution in [3.05, 3.63) is 157 Å². The third-order valence-corrected chi connectivity index (χ3v) is 22.5. The predicted molar refractivity (Wildman–Crippen MR) is 367 cm³/mol. The summed E-state index contributed by atoms with van der Waals surface area (Å²) in [6, 6.07) is 50.7. The molecule has 93 heavy (non-hydrogen) atoms. The molecule has 0 amide bonds. The zero-order valence-corrected chi connectivity index (χ0v) is 55.9. The SMILES string of the molecule is CCCCCCCCCCC1(CCCCCCCCCC)c2cc(N(c3ccccc3)c3ccc(OCC(=O)OCC45CCC(C(=O)C4=O)C5(C)C)cc3)ccc2-c2ccc(N(c3ccccc3)c3ccc(OCC(=O)OCC45CCC(C(=O)C4=O)C5(C)C)cc3)cc21. The van der Waals surface area contributed by atoms with Crippen LogP contribution in [0.5, 0.6) is 11.5 Å². The molecule has 4 bridgehead atoms. The molecular formula is C81H96N2O10. The van der Waals surface area contributed by atoms with E-state index in [2.05, 4.69) is 109 Å². The predicted octanol–water partition coefficient (Wildman–Crippen LogP) is 18.9. The number of fused-ring (bicyclic) bond motifs is 7. The second kappa shape index (κ2) is 28.8. The van der Waals surface area contributed by atoms with Crippen molar-refractivity contribution in [2.24, 2.45) is 33.5 Å². The molecule has 6 aromatic rings. The van der Waals surface area contributed by atoms with Crippen molar-refractivity contribution in [2.45, 2.75) is 188 Å². The molecule has 6 aromatic carbocycles. The van der Waals surface area contributed by atoms with Crippen LogP contribution in [0.2, 0.25) is 0 Å². The summed E-state index contributed by atoms with van der Waals surface area (Å²) < 4.78 is 23.5. The van der Waals surface area contributed by atoms with E-state index in [0.717, 1.165) is 59.8 Å². The quantitative estimate of drug-likeness (QED) is 0.0215. The Morgan fingerprint density at radius 1 is 0.419 bits per heavy atom. The fourth-order valence-electron chi connectivity index (χ4n) is 16.7. The first kappa shape index (κ1) is 66.6. The Kier molecular flexibility index (Phi) is 20.6. The average Bonchev–Trinajstić information content (AvgIpc) is 1.56. The van der Waals surface area contributed by atoms with Crippen molar-refractivity contribution in [1.82, 2.24) is 0 Å². The van der Waals surface area contributed by atoms with Gasteiger partial charge in [0.1, 0.15) is 24.7 Å². The van der Waals surface area contributed by atoms with Gasteiger partial charge >= 0.3 is 11.9 Å². The molecule has 5 aliphatic carbocycles. The zero-order chi connectivity index (χ0) is 65.4. The Labute approximate surface area is 551 Å². The van der Waals surface area contributed by atoms with Crippen LogP contribution in [-0.2, 0) is 43.7 Å². The molecule has 4 saturated carbocycles. The van der Waals surface area contributed by atoms with Gasteiger partial charge in [0.25, 0.3) is 0 Å². The third kappa shape index (κ3) is 13.1. The molecule has 4 fully saturated rings. The number of ketones is 4. The van der Waals surface area contributed by atoms with Crippen LogP contribution in [0.1, 0.15) is 194 Å². The summed E-state index contributed by atoms with van der Waals surface area (Å²) in [6.45, 7) is 11.4. The topological polar surface area (TPSA) is 146 Å². The summed E-state index contributed by atoms with van der Waals surface area (Å²) >= 11 is 0. The highest BCUT2D eigenvalue weighted by atomic mass is 16.6. The van der Waals surface area contributed by atoms with Gasteiger partial charge in [0.15, 0.2) is 13.2 Å². The lowest BCUT2D eigenvalue weighted by molar-refractivity contribution is -0.156. The molecule has 0 spiro atoms. The van der Waals surface area contributed by atoms with Crippen LogP contribution in [0.3, 0.4) is 0 Å². The molecule has 12 nitrogen and oxygen atoms in total. The average molecular weight is 1260 g/mol. The van der Waals surface area contributed by atoms with E-state index in [1.807, 2.05) is 88.4 Å². The van der Waals surface area contributed by atoms with E-state index in [1.165, 1.54) is 112 Å². The Hall–Kier alpha value is -7.86. The van der Waals surface area contributed by atoms with Crippen LogP contribution in [0.4, 0.5) is 34.1 Å². The second-order valence-corrected chi connectivity index (χ2v) is 28.4. The molecule has 4 atom stereocenters. The van der Waals surface area contributed by atoms with Crippen LogP contribution in [0, 0.1) is 33.5 Å². The summed E-state index contributed by atoms with van der Waals surface area (Å²) in [4.78, 5) is 82.9. The van der Waals surface area contributed by atoms with Gasteiger partial charge < -0.3 is 28.7 Å².